The van der Waals surface area contributed by atoms with Crippen LogP contribution in [0, 0.1) is 0 Å². The second kappa shape index (κ2) is 6.05. The van der Waals surface area contributed by atoms with Gasteiger partial charge in [0.05, 0.1) is 11.4 Å². The van der Waals surface area contributed by atoms with Crippen LogP contribution in [0.3, 0.4) is 0 Å². The maximum Gasteiger partial charge on any atom is 0.0568 e. The zero-order valence-electron chi connectivity index (χ0n) is 10.9. The fourth-order valence-corrected chi connectivity index (χ4v) is 2.60. The zero-order valence-corrected chi connectivity index (χ0v) is 11.7. The number of benzene rings is 1. The van der Waals surface area contributed by atoms with Gasteiger partial charge in [0.1, 0.15) is 0 Å². The monoisotopic (exact) mass is 253 g/mol. The van der Waals surface area contributed by atoms with Crippen molar-refractivity contribution >= 4 is 28.8 Å². The number of thioether (sulfide) groups is 1. The van der Waals surface area contributed by atoms with Crippen LogP contribution in [-0.2, 0) is 0 Å². The summed E-state index contributed by atoms with van der Waals surface area (Å²) in [6.45, 7) is 5.42. The number of hydrogen-bond donors (Lipinski definition) is 3. The zero-order chi connectivity index (χ0) is 12.9. The standard InChI is InChI=1S/C13H23N3S/c1-4-13(5-2,17-3)9-16-10-6-7-11(14)12(15)8-10/h6-8,16H,4-5,9,14-15H2,1-3H3. The van der Waals surface area contributed by atoms with Gasteiger partial charge >= 0.3 is 0 Å². The molecule has 0 fully saturated rings. The van der Waals surface area contributed by atoms with Crippen LogP contribution in [-0.4, -0.2) is 17.5 Å². The van der Waals surface area contributed by atoms with Gasteiger partial charge in [0, 0.05) is 17.0 Å². The Hall–Kier alpha value is -1.03. The van der Waals surface area contributed by atoms with Crippen molar-refractivity contribution in [2.45, 2.75) is 31.4 Å². The number of anilines is 3. The first-order chi connectivity index (χ1) is 8.06. The lowest BCUT2D eigenvalue weighted by molar-refractivity contribution is 0.575. The van der Waals surface area contributed by atoms with E-state index in [0.29, 0.717) is 16.1 Å². The fourth-order valence-electron chi connectivity index (χ4n) is 1.81. The lowest BCUT2D eigenvalue weighted by atomic mass is 10.0. The molecule has 0 aliphatic rings. The molecule has 0 radical (unpaired) electrons. The van der Waals surface area contributed by atoms with Crippen molar-refractivity contribution in [1.29, 1.82) is 0 Å². The minimum absolute atomic E-state index is 0.302. The molecule has 0 saturated heterocycles. The third-order valence-corrected chi connectivity index (χ3v) is 5.01. The molecule has 0 aliphatic heterocycles. The smallest absolute Gasteiger partial charge is 0.0568 e. The van der Waals surface area contributed by atoms with Gasteiger partial charge in [-0.3, -0.25) is 0 Å². The van der Waals surface area contributed by atoms with Crippen LogP contribution in [0.5, 0.6) is 0 Å². The third kappa shape index (κ3) is 3.46. The average molecular weight is 253 g/mol. The summed E-state index contributed by atoms with van der Waals surface area (Å²) >= 11 is 1.93. The highest BCUT2D eigenvalue weighted by atomic mass is 32.2. The highest BCUT2D eigenvalue weighted by Crippen LogP contribution is 2.31. The van der Waals surface area contributed by atoms with E-state index in [-0.39, 0.29) is 0 Å². The molecule has 0 saturated carbocycles. The van der Waals surface area contributed by atoms with E-state index < -0.39 is 0 Å². The Bertz CT molecular complexity index is 353. The third-order valence-electron chi connectivity index (χ3n) is 3.42. The quantitative estimate of drug-likeness (QED) is 0.681. The van der Waals surface area contributed by atoms with E-state index in [2.05, 4.69) is 25.4 Å². The molecule has 0 amide bonds. The summed E-state index contributed by atoms with van der Waals surface area (Å²) in [5, 5.41) is 3.45. The molecular formula is C13H23N3S. The normalized spacial score (nSPS) is 11.5. The molecule has 0 aliphatic carbocycles. The lowest BCUT2D eigenvalue weighted by Gasteiger charge is -2.30. The highest BCUT2D eigenvalue weighted by molar-refractivity contribution is 8.00. The minimum Gasteiger partial charge on any atom is -0.397 e. The number of rotatable bonds is 6. The van der Waals surface area contributed by atoms with E-state index in [1.165, 1.54) is 0 Å². The maximum atomic E-state index is 5.79. The summed E-state index contributed by atoms with van der Waals surface area (Å²) in [6.07, 6.45) is 4.48. The van der Waals surface area contributed by atoms with E-state index in [9.17, 15) is 0 Å². The second-order valence-corrected chi connectivity index (χ2v) is 5.57. The van der Waals surface area contributed by atoms with Crippen LogP contribution >= 0.6 is 11.8 Å². The van der Waals surface area contributed by atoms with Crippen molar-refractivity contribution in [2.24, 2.45) is 0 Å². The number of nitrogen functional groups attached to an aromatic ring is 2. The molecule has 0 bridgehead atoms. The van der Waals surface area contributed by atoms with Crippen LogP contribution in [0.25, 0.3) is 0 Å². The Balaban J connectivity index is 2.68. The van der Waals surface area contributed by atoms with E-state index in [4.69, 9.17) is 11.5 Å². The molecule has 4 heteroatoms. The molecular weight excluding hydrogens is 230 g/mol. The fraction of sp³-hybridized carbons (Fsp3) is 0.538. The first-order valence-electron chi connectivity index (χ1n) is 6.01. The van der Waals surface area contributed by atoms with Crippen LogP contribution in [0.15, 0.2) is 18.2 Å². The summed E-state index contributed by atoms with van der Waals surface area (Å²) in [4.78, 5) is 0. The molecule has 0 unspecified atom stereocenters. The lowest BCUT2D eigenvalue weighted by Crippen LogP contribution is -2.31. The molecule has 1 aromatic rings. The van der Waals surface area contributed by atoms with Gasteiger partial charge in [-0.15, -0.1) is 0 Å². The van der Waals surface area contributed by atoms with E-state index in [1.54, 1.807) is 0 Å². The van der Waals surface area contributed by atoms with Gasteiger partial charge in [0.15, 0.2) is 0 Å². The molecule has 3 nitrogen and oxygen atoms in total. The highest BCUT2D eigenvalue weighted by Gasteiger charge is 2.24. The summed E-state index contributed by atoms with van der Waals surface area (Å²) in [5.41, 5.74) is 13.8. The Morgan fingerprint density at radius 3 is 2.29 bits per heavy atom. The van der Waals surface area contributed by atoms with Gasteiger partial charge in [-0.25, -0.2) is 0 Å². The second-order valence-electron chi connectivity index (χ2n) is 4.29. The molecule has 0 atom stereocenters. The summed E-state index contributed by atoms with van der Waals surface area (Å²) in [5.74, 6) is 0. The van der Waals surface area contributed by atoms with Gasteiger partial charge < -0.3 is 16.8 Å². The van der Waals surface area contributed by atoms with Gasteiger partial charge in [-0.2, -0.15) is 11.8 Å². The van der Waals surface area contributed by atoms with Gasteiger partial charge in [-0.05, 0) is 37.3 Å². The summed E-state index contributed by atoms with van der Waals surface area (Å²) in [7, 11) is 0. The molecule has 1 aromatic carbocycles. The predicted molar refractivity (Wildman–Crippen MR) is 80.6 cm³/mol. The molecule has 1 rings (SSSR count). The summed E-state index contributed by atoms with van der Waals surface area (Å²) in [6, 6.07) is 5.71. The average Bonchev–Trinajstić information content (AvgIpc) is 2.36. The van der Waals surface area contributed by atoms with Crippen molar-refractivity contribution in [3.8, 4) is 0 Å². The maximum absolute atomic E-state index is 5.79. The van der Waals surface area contributed by atoms with Crippen molar-refractivity contribution in [3.63, 3.8) is 0 Å². The van der Waals surface area contributed by atoms with Crippen LogP contribution in [0.4, 0.5) is 17.1 Å². The predicted octanol–water partition coefficient (Wildman–Crippen LogP) is 3.18. The number of hydrogen-bond acceptors (Lipinski definition) is 4. The SMILES string of the molecule is CCC(CC)(CNc1ccc(N)c(N)c1)SC. The Morgan fingerprint density at radius 2 is 1.82 bits per heavy atom. The van der Waals surface area contributed by atoms with Gasteiger partial charge in [-0.1, -0.05) is 13.8 Å². The van der Waals surface area contributed by atoms with Crippen molar-refractivity contribution in [1.82, 2.24) is 0 Å². The molecule has 5 N–H and O–H groups in total. The number of nitrogens with two attached hydrogens (primary N) is 2. The molecule has 17 heavy (non-hydrogen) atoms. The van der Waals surface area contributed by atoms with E-state index in [1.807, 2.05) is 30.0 Å². The minimum atomic E-state index is 0.302. The number of nitrogens with one attached hydrogen (secondary N) is 1. The Labute approximate surface area is 108 Å². The van der Waals surface area contributed by atoms with Crippen LogP contribution in [0.1, 0.15) is 26.7 Å². The molecule has 0 heterocycles. The summed E-state index contributed by atoms with van der Waals surface area (Å²) < 4.78 is 0.302. The first-order valence-corrected chi connectivity index (χ1v) is 7.23. The Kier molecular flexibility index (Phi) is 5.00. The first kappa shape index (κ1) is 14.0. The molecule has 0 aromatic heterocycles. The molecule has 96 valence electrons. The topological polar surface area (TPSA) is 64.1 Å². The van der Waals surface area contributed by atoms with Crippen molar-refractivity contribution in [3.05, 3.63) is 18.2 Å². The van der Waals surface area contributed by atoms with Gasteiger partial charge in [0.2, 0.25) is 0 Å². The molecule has 0 spiro atoms. The van der Waals surface area contributed by atoms with E-state index in [0.717, 1.165) is 25.1 Å². The van der Waals surface area contributed by atoms with Gasteiger partial charge in [0.25, 0.3) is 0 Å². The Morgan fingerprint density at radius 1 is 1.18 bits per heavy atom. The van der Waals surface area contributed by atoms with Crippen LogP contribution < -0.4 is 16.8 Å². The van der Waals surface area contributed by atoms with Crippen molar-refractivity contribution in [2.75, 3.05) is 29.6 Å². The largest absolute Gasteiger partial charge is 0.397 e. The van der Waals surface area contributed by atoms with Crippen LogP contribution in [0.2, 0.25) is 0 Å². The van der Waals surface area contributed by atoms with Crippen molar-refractivity contribution < 1.29 is 0 Å². The van der Waals surface area contributed by atoms with E-state index >= 15 is 0 Å².